The second-order valence-electron chi connectivity index (χ2n) is 8.00. The van der Waals surface area contributed by atoms with Gasteiger partial charge in [-0.3, -0.25) is 10.1 Å². The Morgan fingerprint density at radius 3 is 2.76 bits per heavy atom. The molecule has 5 rings (SSSR count). The molecule has 2 fully saturated rings. The molecule has 3 aliphatic rings. The number of hydrogen-bond acceptors (Lipinski definition) is 3. The molecule has 0 aromatic heterocycles. The minimum Gasteiger partial charge on any atom is -0.378 e. The first-order valence-corrected chi connectivity index (χ1v) is 9.23. The third-order valence-corrected chi connectivity index (χ3v) is 6.68. The summed E-state index contributed by atoms with van der Waals surface area (Å²) in [6.45, 7) is 2.14. The molecule has 4 heteroatoms. The van der Waals surface area contributed by atoms with Crippen LogP contribution in [0.2, 0.25) is 0 Å². The molecule has 1 N–H and O–H groups in total. The van der Waals surface area contributed by atoms with Gasteiger partial charge in [-0.15, -0.1) is 0 Å². The van der Waals surface area contributed by atoms with Gasteiger partial charge in [0.05, 0.1) is 11.0 Å². The first kappa shape index (κ1) is 14.9. The van der Waals surface area contributed by atoms with Crippen LogP contribution >= 0.6 is 0 Å². The summed E-state index contributed by atoms with van der Waals surface area (Å²) in [7, 11) is 0. The molecule has 0 radical (unpaired) electrons. The minimum absolute atomic E-state index is 0.219. The summed E-state index contributed by atoms with van der Waals surface area (Å²) in [4.78, 5) is 11.0. The maximum Gasteiger partial charge on any atom is 0.269 e. The van der Waals surface area contributed by atoms with E-state index < -0.39 is 0 Å². The number of hydrogen-bond donors (Lipinski definition) is 1. The molecular weight excluding hydrogens is 312 g/mol. The molecule has 2 saturated carbocycles. The number of non-ortho nitro benzene ring substituents is 1. The van der Waals surface area contributed by atoms with Gasteiger partial charge in [-0.25, -0.2) is 0 Å². The number of benzene rings is 2. The van der Waals surface area contributed by atoms with Crippen LogP contribution in [-0.2, 0) is 0 Å². The zero-order valence-electron chi connectivity index (χ0n) is 14.3. The lowest BCUT2D eigenvalue weighted by atomic mass is 9.68. The highest BCUT2D eigenvalue weighted by atomic mass is 16.6. The second kappa shape index (κ2) is 5.32. The predicted molar refractivity (Wildman–Crippen MR) is 97.7 cm³/mol. The number of nitro groups is 1. The summed E-state index contributed by atoms with van der Waals surface area (Å²) < 4.78 is 0. The Balaban J connectivity index is 1.64. The molecular formula is C21H22N2O2. The normalized spacial score (nSPS) is 32.0. The third-order valence-electron chi connectivity index (χ3n) is 6.68. The Labute approximate surface area is 147 Å². The van der Waals surface area contributed by atoms with Crippen LogP contribution in [0.4, 0.5) is 11.4 Å². The highest BCUT2D eigenvalue weighted by Crippen LogP contribution is 2.63. The van der Waals surface area contributed by atoms with Gasteiger partial charge in [-0.1, -0.05) is 29.8 Å². The average molecular weight is 334 g/mol. The monoisotopic (exact) mass is 334 g/mol. The van der Waals surface area contributed by atoms with Crippen LogP contribution in [0, 0.1) is 34.8 Å². The van der Waals surface area contributed by atoms with E-state index in [1.807, 2.05) is 12.1 Å². The van der Waals surface area contributed by atoms with Crippen molar-refractivity contribution < 1.29 is 4.92 Å². The standard InChI is InChI=1S/C21H22N2O2/c1-12-3-2-4-15(9-12)21-20-14-6-5-13(10-14)19(20)17-11-16(23(24)25)7-8-18(17)22-21/h2-4,7-9,11,13-14,19-22H,5-6,10H2,1H3/t13-,14-,19+,20-,21-/m0/s1. The van der Waals surface area contributed by atoms with Crippen molar-refractivity contribution in [1.29, 1.82) is 0 Å². The molecule has 2 bridgehead atoms. The zero-order chi connectivity index (χ0) is 17.1. The van der Waals surface area contributed by atoms with E-state index in [9.17, 15) is 10.1 Å². The molecule has 0 unspecified atom stereocenters. The number of nitrogens with zero attached hydrogens (tertiary/aromatic N) is 1. The van der Waals surface area contributed by atoms with Crippen LogP contribution in [-0.4, -0.2) is 4.92 Å². The Kier molecular flexibility index (Phi) is 3.18. The lowest BCUT2D eigenvalue weighted by molar-refractivity contribution is -0.384. The zero-order valence-corrected chi connectivity index (χ0v) is 14.3. The number of nitrogens with one attached hydrogen (secondary N) is 1. The molecule has 128 valence electrons. The van der Waals surface area contributed by atoms with Crippen molar-refractivity contribution in [3.8, 4) is 0 Å². The van der Waals surface area contributed by atoms with Gasteiger partial charge in [0.1, 0.15) is 0 Å². The molecule has 1 aliphatic heterocycles. The molecule has 25 heavy (non-hydrogen) atoms. The van der Waals surface area contributed by atoms with Crippen molar-refractivity contribution in [3.05, 3.63) is 69.3 Å². The molecule has 0 saturated heterocycles. The van der Waals surface area contributed by atoms with Gasteiger partial charge in [0.15, 0.2) is 0 Å². The number of fused-ring (bicyclic) bond motifs is 7. The summed E-state index contributed by atoms with van der Waals surface area (Å²) in [6, 6.07) is 14.5. The van der Waals surface area contributed by atoms with Crippen LogP contribution in [0.25, 0.3) is 0 Å². The number of aryl methyl sites for hydroxylation is 1. The van der Waals surface area contributed by atoms with Gasteiger partial charge in [-0.05, 0) is 67.1 Å². The van der Waals surface area contributed by atoms with Crippen molar-refractivity contribution in [2.24, 2.45) is 17.8 Å². The fraction of sp³-hybridized carbons (Fsp3) is 0.429. The van der Waals surface area contributed by atoms with E-state index in [0.717, 1.165) is 11.6 Å². The molecule has 2 aromatic rings. The molecule has 2 aromatic carbocycles. The van der Waals surface area contributed by atoms with Gasteiger partial charge in [0.25, 0.3) is 5.69 Å². The first-order valence-electron chi connectivity index (χ1n) is 9.23. The quantitative estimate of drug-likeness (QED) is 0.606. The summed E-state index contributed by atoms with van der Waals surface area (Å²) in [5, 5.41) is 15.0. The molecule has 0 amide bonds. The fourth-order valence-electron chi connectivity index (χ4n) is 5.78. The molecule has 1 heterocycles. The molecule has 0 spiro atoms. The maximum atomic E-state index is 11.2. The van der Waals surface area contributed by atoms with Crippen LogP contribution in [0.5, 0.6) is 0 Å². The molecule has 2 aliphatic carbocycles. The second-order valence-corrected chi connectivity index (χ2v) is 8.00. The van der Waals surface area contributed by atoms with Crippen molar-refractivity contribution in [1.82, 2.24) is 0 Å². The van der Waals surface area contributed by atoms with Crippen molar-refractivity contribution in [2.75, 3.05) is 5.32 Å². The van der Waals surface area contributed by atoms with Gasteiger partial charge in [-0.2, -0.15) is 0 Å². The Morgan fingerprint density at radius 1 is 1.12 bits per heavy atom. The summed E-state index contributed by atoms with van der Waals surface area (Å²) in [5.74, 6) is 2.43. The first-order chi connectivity index (χ1) is 12.1. The van der Waals surface area contributed by atoms with Gasteiger partial charge in [0.2, 0.25) is 0 Å². The van der Waals surface area contributed by atoms with E-state index in [4.69, 9.17) is 0 Å². The van der Waals surface area contributed by atoms with Crippen LogP contribution in [0.1, 0.15) is 47.9 Å². The van der Waals surface area contributed by atoms with Crippen LogP contribution in [0.15, 0.2) is 42.5 Å². The largest absolute Gasteiger partial charge is 0.378 e. The predicted octanol–water partition coefficient (Wildman–Crippen LogP) is 5.20. The Hall–Kier alpha value is -2.36. The highest BCUT2D eigenvalue weighted by Gasteiger charge is 2.54. The summed E-state index contributed by atoms with van der Waals surface area (Å²) in [6.07, 6.45) is 3.86. The summed E-state index contributed by atoms with van der Waals surface area (Å²) >= 11 is 0. The maximum absolute atomic E-state index is 11.2. The van der Waals surface area contributed by atoms with Crippen molar-refractivity contribution >= 4 is 11.4 Å². The smallest absolute Gasteiger partial charge is 0.269 e. The van der Waals surface area contributed by atoms with Crippen molar-refractivity contribution in [2.45, 2.75) is 38.1 Å². The lowest BCUT2D eigenvalue weighted by Crippen LogP contribution is -2.35. The number of anilines is 1. The molecule has 5 atom stereocenters. The SMILES string of the molecule is Cc1cccc([C@@H]2Nc3ccc([N+](=O)[O-])cc3[C@H]3[C@H]4CC[C@@H](C4)[C@@H]32)c1. The van der Waals surface area contributed by atoms with Gasteiger partial charge in [0, 0.05) is 17.8 Å². The van der Waals surface area contributed by atoms with Gasteiger partial charge < -0.3 is 5.32 Å². The minimum atomic E-state index is -0.269. The number of nitro benzene ring substituents is 1. The topological polar surface area (TPSA) is 55.2 Å². The van der Waals surface area contributed by atoms with E-state index in [-0.39, 0.29) is 10.6 Å². The summed E-state index contributed by atoms with van der Waals surface area (Å²) in [5.41, 5.74) is 5.12. The van der Waals surface area contributed by atoms with E-state index in [0.29, 0.717) is 23.8 Å². The van der Waals surface area contributed by atoms with E-state index >= 15 is 0 Å². The third kappa shape index (κ3) is 2.20. The van der Waals surface area contributed by atoms with Crippen molar-refractivity contribution in [3.63, 3.8) is 0 Å². The Bertz CT molecular complexity index is 863. The fourth-order valence-corrected chi connectivity index (χ4v) is 5.78. The van der Waals surface area contributed by atoms with E-state index in [1.54, 1.807) is 6.07 Å². The van der Waals surface area contributed by atoms with Crippen LogP contribution < -0.4 is 5.32 Å². The van der Waals surface area contributed by atoms with Gasteiger partial charge >= 0.3 is 0 Å². The van der Waals surface area contributed by atoms with Crippen LogP contribution in [0.3, 0.4) is 0 Å². The highest BCUT2D eigenvalue weighted by molar-refractivity contribution is 5.62. The average Bonchev–Trinajstić information content (AvgIpc) is 3.22. The Morgan fingerprint density at radius 2 is 1.96 bits per heavy atom. The van der Waals surface area contributed by atoms with E-state index in [2.05, 4.69) is 36.5 Å². The van der Waals surface area contributed by atoms with E-state index in [1.165, 1.54) is 36.0 Å². The number of rotatable bonds is 2. The lowest BCUT2D eigenvalue weighted by Gasteiger charge is -2.43. The molecule has 4 nitrogen and oxygen atoms in total.